The van der Waals surface area contributed by atoms with Gasteiger partial charge in [0.05, 0.1) is 11.8 Å². The summed E-state index contributed by atoms with van der Waals surface area (Å²) in [7, 11) is 3.56. The Balaban J connectivity index is 1.83. The Labute approximate surface area is 143 Å². The second-order valence-electron chi connectivity index (χ2n) is 8.02. The minimum absolute atomic E-state index is 0.00579. The Morgan fingerprint density at radius 2 is 2.00 bits per heavy atom. The molecular formula is C19H27N3O2. The molecular weight excluding hydrogens is 302 g/mol. The van der Waals surface area contributed by atoms with Crippen LogP contribution in [0.4, 0.5) is 0 Å². The quantitative estimate of drug-likeness (QED) is 0.849. The van der Waals surface area contributed by atoms with Crippen molar-refractivity contribution in [2.45, 2.75) is 51.4 Å². The summed E-state index contributed by atoms with van der Waals surface area (Å²) in [5, 5.41) is 3.02. The highest BCUT2D eigenvalue weighted by Gasteiger charge is 2.58. The van der Waals surface area contributed by atoms with Crippen molar-refractivity contribution >= 4 is 11.8 Å². The summed E-state index contributed by atoms with van der Waals surface area (Å²) in [5.74, 6) is 0.857. The normalized spacial score (nSPS) is 35.2. The van der Waals surface area contributed by atoms with E-state index >= 15 is 0 Å². The standard InChI is InChI=1S/C19H27N3O2/c1-5-11-6-7-12-13(9-11)15-16(14-8-10(2)20-17(12)14)19(24)22(18(15)23)21(3)4/h8,11-13,15-16,20H,5-7,9H2,1-4H3/t11?,12?,13?,15-,16+/m0/s1. The van der Waals surface area contributed by atoms with Gasteiger partial charge < -0.3 is 4.98 Å². The molecule has 0 spiro atoms. The van der Waals surface area contributed by atoms with E-state index in [1.807, 2.05) is 6.92 Å². The number of nitrogens with zero attached hydrogens (tertiary/aromatic N) is 2. The molecule has 1 N–H and O–H groups in total. The van der Waals surface area contributed by atoms with Crippen LogP contribution >= 0.6 is 0 Å². The third-order valence-electron chi connectivity index (χ3n) is 6.50. The molecule has 1 aromatic rings. The van der Waals surface area contributed by atoms with E-state index < -0.39 is 0 Å². The number of hydrogen-bond donors (Lipinski definition) is 1. The molecule has 2 amide bonds. The van der Waals surface area contributed by atoms with E-state index in [0.717, 1.165) is 30.5 Å². The van der Waals surface area contributed by atoms with Crippen LogP contribution in [0.1, 0.15) is 61.4 Å². The summed E-state index contributed by atoms with van der Waals surface area (Å²) >= 11 is 0. The van der Waals surface area contributed by atoms with E-state index in [9.17, 15) is 9.59 Å². The fourth-order valence-corrected chi connectivity index (χ4v) is 5.45. The predicted octanol–water partition coefficient (Wildman–Crippen LogP) is 2.79. The van der Waals surface area contributed by atoms with Crippen LogP contribution < -0.4 is 0 Å². The van der Waals surface area contributed by atoms with Gasteiger partial charge in [0.1, 0.15) is 0 Å². The van der Waals surface area contributed by atoms with Crippen molar-refractivity contribution in [1.82, 2.24) is 15.0 Å². The number of fused-ring (bicyclic) bond motifs is 6. The first kappa shape index (κ1) is 15.9. The van der Waals surface area contributed by atoms with Gasteiger partial charge in [-0.25, -0.2) is 10.0 Å². The summed E-state index contributed by atoms with van der Waals surface area (Å²) < 4.78 is 0. The molecule has 0 bridgehead atoms. The Bertz CT molecular complexity index is 693. The number of nitrogens with one attached hydrogen (secondary N) is 1. The molecule has 0 radical (unpaired) electrons. The number of amides is 2. The number of aromatic nitrogens is 1. The molecule has 1 aromatic heterocycles. The molecule has 4 rings (SSSR count). The minimum Gasteiger partial charge on any atom is -0.362 e. The van der Waals surface area contributed by atoms with Crippen LogP contribution in [-0.2, 0) is 9.59 Å². The number of hydrazine groups is 1. The van der Waals surface area contributed by atoms with Crippen LogP contribution in [0.3, 0.4) is 0 Å². The van der Waals surface area contributed by atoms with Crippen LogP contribution in [0.15, 0.2) is 6.07 Å². The molecule has 0 aromatic carbocycles. The fraction of sp³-hybridized carbons (Fsp3) is 0.684. The molecule has 1 aliphatic heterocycles. The highest BCUT2D eigenvalue weighted by atomic mass is 16.2. The van der Waals surface area contributed by atoms with Crippen molar-refractivity contribution in [3.05, 3.63) is 23.0 Å². The zero-order chi connectivity index (χ0) is 17.2. The zero-order valence-electron chi connectivity index (χ0n) is 15.0. The van der Waals surface area contributed by atoms with Crippen molar-refractivity contribution in [1.29, 1.82) is 0 Å². The number of rotatable bonds is 2. The van der Waals surface area contributed by atoms with Gasteiger partial charge in [-0.1, -0.05) is 13.3 Å². The Kier molecular flexibility index (Phi) is 3.60. The van der Waals surface area contributed by atoms with E-state index in [4.69, 9.17) is 0 Å². The summed E-state index contributed by atoms with van der Waals surface area (Å²) in [4.78, 5) is 29.7. The number of carbonyl (C=O) groups excluding carboxylic acids is 2. The minimum atomic E-state index is -0.295. The van der Waals surface area contributed by atoms with E-state index in [0.29, 0.717) is 17.8 Å². The van der Waals surface area contributed by atoms with Crippen LogP contribution in [0, 0.1) is 24.7 Å². The lowest BCUT2D eigenvalue weighted by molar-refractivity contribution is -0.154. The molecule has 5 nitrogen and oxygen atoms in total. The lowest BCUT2D eigenvalue weighted by atomic mass is 9.59. The first-order chi connectivity index (χ1) is 11.4. The van der Waals surface area contributed by atoms with Crippen molar-refractivity contribution in [3.63, 3.8) is 0 Å². The fourth-order valence-electron chi connectivity index (χ4n) is 5.45. The Morgan fingerprint density at radius 1 is 1.25 bits per heavy atom. The van der Waals surface area contributed by atoms with Crippen LogP contribution in [0.25, 0.3) is 0 Å². The molecule has 1 saturated carbocycles. The maximum Gasteiger partial charge on any atom is 0.252 e. The van der Waals surface area contributed by atoms with Gasteiger partial charge in [0.15, 0.2) is 0 Å². The lowest BCUT2D eigenvalue weighted by Crippen LogP contribution is -2.43. The molecule has 3 aliphatic rings. The van der Waals surface area contributed by atoms with Gasteiger partial charge in [0.2, 0.25) is 5.91 Å². The van der Waals surface area contributed by atoms with Gasteiger partial charge in [-0.2, -0.15) is 0 Å². The lowest BCUT2D eigenvalue weighted by Gasteiger charge is -2.43. The molecule has 2 fully saturated rings. The molecule has 3 unspecified atom stereocenters. The first-order valence-electron chi connectivity index (χ1n) is 9.18. The molecule has 130 valence electrons. The molecule has 1 saturated heterocycles. The summed E-state index contributed by atoms with van der Waals surface area (Å²) in [6.45, 7) is 4.29. The number of carbonyl (C=O) groups is 2. The Hall–Kier alpha value is -1.62. The van der Waals surface area contributed by atoms with Crippen LogP contribution in [-0.4, -0.2) is 40.9 Å². The topological polar surface area (TPSA) is 56.4 Å². The molecule has 5 atom stereocenters. The molecule has 2 aliphatic carbocycles. The predicted molar refractivity (Wildman–Crippen MR) is 91.2 cm³/mol. The molecule has 24 heavy (non-hydrogen) atoms. The van der Waals surface area contributed by atoms with Crippen molar-refractivity contribution in [3.8, 4) is 0 Å². The summed E-state index contributed by atoms with van der Waals surface area (Å²) in [5.41, 5.74) is 3.41. The second kappa shape index (κ2) is 5.45. The smallest absolute Gasteiger partial charge is 0.252 e. The summed E-state index contributed by atoms with van der Waals surface area (Å²) in [6.07, 6.45) is 4.59. The Morgan fingerprint density at radius 3 is 2.67 bits per heavy atom. The van der Waals surface area contributed by atoms with Crippen molar-refractivity contribution in [2.24, 2.45) is 17.8 Å². The second-order valence-corrected chi connectivity index (χ2v) is 8.02. The SMILES string of the molecule is CCC1CCC2c3[nH]c(C)cc3[C@H]3C(=O)N(N(C)C)C(=O)[C@H]3C2C1. The largest absolute Gasteiger partial charge is 0.362 e. The average molecular weight is 329 g/mol. The number of H-pyrrole nitrogens is 1. The van der Waals surface area contributed by atoms with E-state index in [2.05, 4.69) is 18.0 Å². The van der Waals surface area contributed by atoms with Gasteiger partial charge >= 0.3 is 0 Å². The van der Waals surface area contributed by atoms with Gasteiger partial charge in [0.25, 0.3) is 5.91 Å². The van der Waals surface area contributed by atoms with Gasteiger partial charge in [-0.05, 0) is 49.7 Å². The molecule has 2 heterocycles. The highest BCUT2D eigenvalue weighted by Crippen LogP contribution is 2.56. The van der Waals surface area contributed by atoms with Gasteiger partial charge in [0, 0.05) is 31.4 Å². The third kappa shape index (κ3) is 2.03. The average Bonchev–Trinajstić information content (AvgIpc) is 3.04. The zero-order valence-corrected chi connectivity index (χ0v) is 15.0. The van der Waals surface area contributed by atoms with Crippen molar-refractivity contribution in [2.75, 3.05) is 14.1 Å². The number of aryl methyl sites for hydroxylation is 1. The highest BCUT2D eigenvalue weighted by molar-refractivity contribution is 6.08. The molecule has 5 heteroatoms. The van der Waals surface area contributed by atoms with Gasteiger partial charge in [-0.3, -0.25) is 9.59 Å². The first-order valence-corrected chi connectivity index (χ1v) is 9.18. The van der Waals surface area contributed by atoms with E-state index in [1.165, 1.54) is 17.1 Å². The number of imide groups is 1. The third-order valence-corrected chi connectivity index (χ3v) is 6.50. The number of hydrogen-bond acceptors (Lipinski definition) is 3. The van der Waals surface area contributed by atoms with Gasteiger partial charge in [-0.15, -0.1) is 0 Å². The maximum absolute atomic E-state index is 13.1. The summed E-state index contributed by atoms with van der Waals surface area (Å²) in [6, 6.07) is 2.10. The monoisotopic (exact) mass is 329 g/mol. The van der Waals surface area contributed by atoms with Crippen LogP contribution in [0.5, 0.6) is 0 Å². The van der Waals surface area contributed by atoms with E-state index in [1.54, 1.807) is 19.1 Å². The van der Waals surface area contributed by atoms with E-state index in [-0.39, 0.29) is 23.7 Å². The maximum atomic E-state index is 13.1. The van der Waals surface area contributed by atoms with Crippen molar-refractivity contribution < 1.29 is 9.59 Å². The number of aromatic amines is 1. The van der Waals surface area contributed by atoms with Crippen LogP contribution in [0.2, 0.25) is 0 Å².